The SMILES string of the molecule is O=c1oc2c3c(ccc2c2c1CCCC2)OCN(c1cccc(Cl)c1)C3. The van der Waals surface area contributed by atoms with Gasteiger partial charge in [-0.25, -0.2) is 4.79 Å². The van der Waals surface area contributed by atoms with Crippen LogP contribution in [0, 0.1) is 0 Å². The molecule has 3 aromatic rings. The molecule has 0 radical (unpaired) electrons. The largest absolute Gasteiger partial charge is 0.473 e. The highest BCUT2D eigenvalue weighted by atomic mass is 35.5. The second-order valence-electron chi connectivity index (χ2n) is 6.92. The molecule has 2 aliphatic rings. The minimum atomic E-state index is -0.194. The van der Waals surface area contributed by atoms with Gasteiger partial charge in [-0.2, -0.15) is 0 Å². The Morgan fingerprint density at radius 3 is 2.69 bits per heavy atom. The highest BCUT2D eigenvalue weighted by molar-refractivity contribution is 6.30. The molecule has 0 fully saturated rings. The highest BCUT2D eigenvalue weighted by Gasteiger charge is 2.25. The van der Waals surface area contributed by atoms with Crippen molar-refractivity contribution in [3.05, 3.63) is 68.5 Å². The lowest BCUT2D eigenvalue weighted by atomic mass is 9.90. The van der Waals surface area contributed by atoms with Crippen LogP contribution < -0.4 is 15.3 Å². The molecule has 0 amide bonds. The number of rotatable bonds is 1. The number of aryl methyl sites for hydroxylation is 1. The summed E-state index contributed by atoms with van der Waals surface area (Å²) < 4.78 is 11.7. The van der Waals surface area contributed by atoms with E-state index in [1.165, 1.54) is 0 Å². The van der Waals surface area contributed by atoms with Crippen molar-refractivity contribution in [2.45, 2.75) is 32.2 Å². The maximum Gasteiger partial charge on any atom is 0.339 e. The molecular weight excluding hydrogens is 350 g/mol. The van der Waals surface area contributed by atoms with Gasteiger partial charge < -0.3 is 14.1 Å². The molecule has 1 aliphatic carbocycles. The fourth-order valence-corrected chi connectivity index (χ4v) is 4.24. The van der Waals surface area contributed by atoms with Crippen LogP contribution in [0.4, 0.5) is 5.69 Å². The van der Waals surface area contributed by atoms with Crippen LogP contribution in [0.15, 0.2) is 45.6 Å². The van der Waals surface area contributed by atoms with Crippen molar-refractivity contribution in [2.24, 2.45) is 0 Å². The van der Waals surface area contributed by atoms with E-state index < -0.39 is 0 Å². The third-order valence-electron chi connectivity index (χ3n) is 5.35. The Kier molecular flexibility index (Phi) is 3.68. The van der Waals surface area contributed by atoms with Gasteiger partial charge in [-0.05, 0) is 61.6 Å². The van der Waals surface area contributed by atoms with E-state index in [9.17, 15) is 4.79 Å². The zero-order valence-electron chi connectivity index (χ0n) is 14.3. The summed E-state index contributed by atoms with van der Waals surface area (Å²) >= 11 is 6.13. The van der Waals surface area contributed by atoms with Crippen LogP contribution in [-0.2, 0) is 19.4 Å². The second-order valence-corrected chi connectivity index (χ2v) is 7.36. The van der Waals surface area contributed by atoms with Crippen molar-refractivity contribution in [2.75, 3.05) is 11.6 Å². The van der Waals surface area contributed by atoms with Crippen LogP contribution in [0.1, 0.15) is 29.5 Å². The van der Waals surface area contributed by atoms with Crippen LogP contribution >= 0.6 is 11.6 Å². The Morgan fingerprint density at radius 2 is 1.85 bits per heavy atom. The Hall–Kier alpha value is -2.46. The average Bonchev–Trinajstić information content (AvgIpc) is 2.68. The van der Waals surface area contributed by atoms with E-state index in [0.717, 1.165) is 59.2 Å². The summed E-state index contributed by atoms with van der Waals surface area (Å²) in [5, 5.41) is 1.74. The van der Waals surface area contributed by atoms with Crippen LogP contribution in [0.2, 0.25) is 5.02 Å². The summed E-state index contributed by atoms with van der Waals surface area (Å²) in [5.41, 5.74) is 4.40. The van der Waals surface area contributed by atoms with Gasteiger partial charge in [-0.15, -0.1) is 0 Å². The van der Waals surface area contributed by atoms with Crippen LogP contribution in [0.3, 0.4) is 0 Å². The average molecular weight is 368 g/mol. The molecule has 0 saturated heterocycles. The molecule has 132 valence electrons. The zero-order chi connectivity index (χ0) is 17.7. The van der Waals surface area contributed by atoms with E-state index in [2.05, 4.69) is 4.90 Å². The molecule has 0 bridgehead atoms. The molecule has 0 N–H and O–H groups in total. The number of ether oxygens (including phenoxy) is 1. The molecule has 0 saturated carbocycles. The molecule has 1 aliphatic heterocycles. The number of hydrogen-bond acceptors (Lipinski definition) is 4. The quantitative estimate of drug-likeness (QED) is 0.585. The molecular formula is C21H18ClNO3. The summed E-state index contributed by atoms with van der Waals surface area (Å²) in [6, 6.07) is 11.7. The lowest BCUT2D eigenvalue weighted by Gasteiger charge is -2.31. The third kappa shape index (κ3) is 2.48. The van der Waals surface area contributed by atoms with Gasteiger partial charge in [-0.3, -0.25) is 0 Å². The molecule has 2 aromatic carbocycles. The van der Waals surface area contributed by atoms with E-state index in [4.69, 9.17) is 20.8 Å². The van der Waals surface area contributed by atoms with Crippen molar-refractivity contribution in [3.63, 3.8) is 0 Å². The molecule has 5 rings (SSSR count). The van der Waals surface area contributed by atoms with E-state index in [0.29, 0.717) is 23.9 Å². The van der Waals surface area contributed by atoms with Crippen molar-refractivity contribution in [1.29, 1.82) is 0 Å². The normalized spacial score (nSPS) is 16.1. The first kappa shape index (κ1) is 15.8. The number of hydrogen-bond donors (Lipinski definition) is 0. The molecule has 2 heterocycles. The van der Waals surface area contributed by atoms with E-state index >= 15 is 0 Å². The highest BCUT2D eigenvalue weighted by Crippen LogP contribution is 2.37. The monoisotopic (exact) mass is 367 g/mol. The Balaban J connectivity index is 1.65. The summed E-state index contributed by atoms with van der Waals surface area (Å²) in [6.45, 7) is 1.06. The second kappa shape index (κ2) is 6.06. The first-order chi connectivity index (χ1) is 12.7. The van der Waals surface area contributed by atoms with Gasteiger partial charge in [0.15, 0.2) is 6.73 Å². The fourth-order valence-electron chi connectivity index (χ4n) is 4.05. The van der Waals surface area contributed by atoms with Crippen molar-refractivity contribution in [3.8, 4) is 5.75 Å². The summed E-state index contributed by atoms with van der Waals surface area (Å²) in [5.74, 6) is 0.787. The van der Waals surface area contributed by atoms with Crippen molar-refractivity contribution >= 4 is 28.3 Å². The predicted molar refractivity (Wildman–Crippen MR) is 102 cm³/mol. The Labute approximate surface area is 155 Å². The van der Waals surface area contributed by atoms with E-state index in [-0.39, 0.29) is 5.63 Å². The van der Waals surface area contributed by atoms with Crippen molar-refractivity contribution < 1.29 is 9.15 Å². The van der Waals surface area contributed by atoms with Crippen LogP contribution in [0.25, 0.3) is 11.0 Å². The van der Waals surface area contributed by atoms with Gasteiger partial charge in [-0.1, -0.05) is 17.7 Å². The van der Waals surface area contributed by atoms with Crippen LogP contribution in [-0.4, -0.2) is 6.73 Å². The number of benzene rings is 2. The number of nitrogens with zero attached hydrogens (tertiary/aromatic N) is 1. The van der Waals surface area contributed by atoms with E-state index in [1.54, 1.807) is 0 Å². The predicted octanol–water partition coefficient (Wildman–Crippen LogP) is 4.68. The lowest BCUT2D eigenvalue weighted by molar-refractivity contribution is 0.289. The molecule has 4 nitrogen and oxygen atoms in total. The van der Waals surface area contributed by atoms with Gasteiger partial charge in [0.1, 0.15) is 11.3 Å². The van der Waals surface area contributed by atoms with Gasteiger partial charge in [0, 0.05) is 21.7 Å². The lowest BCUT2D eigenvalue weighted by Crippen LogP contribution is -2.32. The minimum absolute atomic E-state index is 0.194. The summed E-state index contributed by atoms with van der Waals surface area (Å²) in [6.07, 6.45) is 3.93. The Morgan fingerprint density at radius 1 is 1.00 bits per heavy atom. The Bertz CT molecular complexity index is 1070. The van der Waals surface area contributed by atoms with Gasteiger partial charge in [0.2, 0.25) is 0 Å². The fraction of sp³-hybridized carbons (Fsp3) is 0.286. The topological polar surface area (TPSA) is 42.7 Å². The summed E-state index contributed by atoms with van der Waals surface area (Å²) in [7, 11) is 0. The zero-order valence-corrected chi connectivity index (χ0v) is 15.0. The maximum absolute atomic E-state index is 12.5. The molecule has 5 heteroatoms. The smallest absolute Gasteiger partial charge is 0.339 e. The van der Waals surface area contributed by atoms with E-state index in [1.807, 2.05) is 36.4 Å². The molecule has 0 atom stereocenters. The third-order valence-corrected chi connectivity index (χ3v) is 5.58. The van der Waals surface area contributed by atoms with Gasteiger partial charge in [0.25, 0.3) is 0 Å². The first-order valence-corrected chi connectivity index (χ1v) is 9.32. The standard InChI is InChI=1S/C21H18ClNO3/c22-13-4-3-5-14(10-13)23-11-18-19(25-12-23)9-8-16-15-6-1-2-7-17(15)21(24)26-20(16)18/h3-5,8-10H,1-2,6-7,11-12H2. The minimum Gasteiger partial charge on any atom is -0.473 e. The molecule has 1 aromatic heterocycles. The van der Waals surface area contributed by atoms with Gasteiger partial charge >= 0.3 is 5.63 Å². The number of fused-ring (bicyclic) bond motifs is 5. The first-order valence-electron chi connectivity index (χ1n) is 8.94. The maximum atomic E-state index is 12.5. The number of halogens is 1. The van der Waals surface area contributed by atoms with Gasteiger partial charge in [0.05, 0.1) is 12.1 Å². The van der Waals surface area contributed by atoms with Crippen LogP contribution in [0.5, 0.6) is 5.75 Å². The number of anilines is 1. The molecule has 0 spiro atoms. The summed E-state index contributed by atoms with van der Waals surface area (Å²) in [4.78, 5) is 14.6. The molecule has 0 unspecified atom stereocenters. The van der Waals surface area contributed by atoms with Crippen molar-refractivity contribution in [1.82, 2.24) is 0 Å². The molecule has 26 heavy (non-hydrogen) atoms.